The first kappa shape index (κ1) is 12.6. The van der Waals surface area contributed by atoms with Crippen molar-refractivity contribution < 1.29 is 12.8 Å². The second kappa shape index (κ2) is 4.80. The Bertz CT molecular complexity index is 477. The van der Waals surface area contributed by atoms with E-state index in [-0.39, 0.29) is 5.09 Å². The van der Waals surface area contributed by atoms with Crippen LogP contribution in [0.25, 0.3) is 0 Å². The highest BCUT2D eigenvalue weighted by Crippen LogP contribution is 2.31. The molecule has 6 heteroatoms. The predicted octanol–water partition coefficient (Wildman–Crippen LogP) is 1.03. The van der Waals surface area contributed by atoms with Gasteiger partial charge in [-0.2, -0.15) is 4.31 Å². The van der Waals surface area contributed by atoms with E-state index in [1.807, 2.05) is 0 Å². The molecule has 0 saturated heterocycles. The molecule has 1 N–H and O–H groups in total. The van der Waals surface area contributed by atoms with Crippen LogP contribution >= 0.6 is 0 Å². The van der Waals surface area contributed by atoms with E-state index in [0.29, 0.717) is 24.8 Å². The van der Waals surface area contributed by atoms with Gasteiger partial charge in [0.25, 0.3) is 10.0 Å². The number of nitrogens with zero attached hydrogens (tertiary/aromatic N) is 1. The number of rotatable bonds is 6. The standard InChI is InChI=1S/C11H18N2O3S/c1-12-7-10-5-6-11(16-10)17(14,15)13(2)8-9-3-4-9/h5-6,9,12H,3-4,7-8H2,1-2H3. The smallest absolute Gasteiger partial charge is 0.276 e. The van der Waals surface area contributed by atoms with E-state index in [2.05, 4.69) is 5.32 Å². The largest absolute Gasteiger partial charge is 0.447 e. The van der Waals surface area contributed by atoms with Crippen molar-refractivity contribution in [3.05, 3.63) is 17.9 Å². The van der Waals surface area contributed by atoms with Crippen LogP contribution in [-0.2, 0) is 16.6 Å². The molecule has 5 nitrogen and oxygen atoms in total. The highest BCUT2D eigenvalue weighted by atomic mass is 32.2. The molecule has 0 atom stereocenters. The van der Waals surface area contributed by atoms with Gasteiger partial charge in [-0.05, 0) is 37.9 Å². The van der Waals surface area contributed by atoms with Gasteiger partial charge in [0.05, 0.1) is 6.54 Å². The van der Waals surface area contributed by atoms with Crippen LogP contribution in [0.3, 0.4) is 0 Å². The fourth-order valence-corrected chi connectivity index (χ4v) is 2.85. The average Bonchev–Trinajstić information content (AvgIpc) is 2.95. The topological polar surface area (TPSA) is 62.6 Å². The lowest BCUT2D eigenvalue weighted by atomic mass is 10.4. The van der Waals surface area contributed by atoms with Gasteiger partial charge in [-0.3, -0.25) is 0 Å². The van der Waals surface area contributed by atoms with Gasteiger partial charge in [-0.15, -0.1) is 0 Å². The number of hydrogen-bond acceptors (Lipinski definition) is 4. The van der Waals surface area contributed by atoms with E-state index in [1.54, 1.807) is 20.2 Å². The summed E-state index contributed by atoms with van der Waals surface area (Å²) in [6.07, 6.45) is 2.26. The predicted molar refractivity (Wildman–Crippen MR) is 64.0 cm³/mol. The Morgan fingerprint density at radius 1 is 1.47 bits per heavy atom. The highest BCUT2D eigenvalue weighted by Gasteiger charge is 2.30. The van der Waals surface area contributed by atoms with Crippen molar-refractivity contribution in [2.75, 3.05) is 20.6 Å². The van der Waals surface area contributed by atoms with E-state index in [9.17, 15) is 8.42 Å². The summed E-state index contributed by atoms with van der Waals surface area (Å²) in [5.74, 6) is 1.16. The molecule has 1 aliphatic rings. The van der Waals surface area contributed by atoms with E-state index >= 15 is 0 Å². The molecule has 1 aromatic rings. The van der Waals surface area contributed by atoms with Crippen LogP contribution in [0.2, 0.25) is 0 Å². The normalized spacial score (nSPS) is 16.6. The van der Waals surface area contributed by atoms with Gasteiger partial charge in [0.2, 0.25) is 5.09 Å². The van der Waals surface area contributed by atoms with Gasteiger partial charge < -0.3 is 9.73 Å². The fraction of sp³-hybridized carbons (Fsp3) is 0.636. The third-order valence-electron chi connectivity index (χ3n) is 2.86. The maximum atomic E-state index is 12.1. The lowest BCUT2D eigenvalue weighted by molar-refractivity contribution is 0.380. The van der Waals surface area contributed by atoms with Crippen molar-refractivity contribution in [1.29, 1.82) is 0 Å². The molecule has 1 saturated carbocycles. The van der Waals surface area contributed by atoms with Crippen molar-refractivity contribution in [3.8, 4) is 0 Å². The molecule has 0 bridgehead atoms. The first-order chi connectivity index (χ1) is 8.04. The molecular formula is C11H18N2O3S. The molecule has 1 aliphatic carbocycles. The SMILES string of the molecule is CNCc1ccc(S(=O)(=O)N(C)CC2CC2)o1. The third kappa shape index (κ3) is 2.88. The maximum absolute atomic E-state index is 12.1. The van der Waals surface area contributed by atoms with Crippen molar-refractivity contribution in [2.24, 2.45) is 5.92 Å². The van der Waals surface area contributed by atoms with Crippen LogP contribution in [0.4, 0.5) is 0 Å². The summed E-state index contributed by atoms with van der Waals surface area (Å²) in [4.78, 5) is 0. The van der Waals surface area contributed by atoms with E-state index in [1.165, 1.54) is 10.4 Å². The second-order valence-corrected chi connectivity index (χ2v) is 6.46. The molecule has 1 fully saturated rings. The monoisotopic (exact) mass is 258 g/mol. The lowest BCUT2D eigenvalue weighted by Gasteiger charge is -2.14. The zero-order valence-electron chi connectivity index (χ0n) is 10.1. The molecular weight excluding hydrogens is 240 g/mol. The number of hydrogen-bond donors (Lipinski definition) is 1. The van der Waals surface area contributed by atoms with Gasteiger partial charge in [0.1, 0.15) is 5.76 Å². The zero-order chi connectivity index (χ0) is 12.5. The number of furan rings is 1. The van der Waals surface area contributed by atoms with Crippen LogP contribution in [-0.4, -0.2) is 33.4 Å². The highest BCUT2D eigenvalue weighted by molar-refractivity contribution is 7.89. The summed E-state index contributed by atoms with van der Waals surface area (Å²) in [6.45, 7) is 1.12. The molecule has 0 aromatic carbocycles. The Hall–Kier alpha value is -0.850. The molecule has 0 unspecified atom stereocenters. The number of nitrogens with one attached hydrogen (secondary N) is 1. The lowest BCUT2D eigenvalue weighted by Crippen LogP contribution is -2.28. The summed E-state index contributed by atoms with van der Waals surface area (Å²) in [7, 11) is -0.0600. The fourth-order valence-electron chi connectivity index (χ4n) is 1.68. The Morgan fingerprint density at radius 2 is 2.18 bits per heavy atom. The Labute approximate surface area is 102 Å². The minimum Gasteiger partial charge on any atom is -0.447 e. The molecule has 1 aromatic heterocycles. The summed E-state index contributed by atoms with van der Waals surface area (Å²) in [5.41, 5.74) is 0. The van der Waals surface area contributed by atoms with Crippen LogP contribution in [0.5, 0.6) is 0 Å². The third-order valence-corrected chi connectivity index (χ3v) is 4.56. The van der Waals surface area contributed by atoms with Gasteiger partial charge >= 0.3 is 0 Å². The molecule has 17 heavy (non-hydrogen) atoms. The van der Waals surface area contributed by atoms with E-state index in [0.717, 1.165) is 12.8 Å². The van der Waals surface area contributed by atoms with E-state index < -0.39 is 10.0 Å². The Kier molecular flexibility index (Phi) is 3.56. The number of sulfonamides is 1. The average molecular weight is 258 g/mol. The van der Waals surface area contributed by atoms with Crippen LogP contribution in [0, 0.1) is 5.92 Å². The molecule has 2 rings (SSSR count). The van der Waals surface area contributed by atoms with Crippen LogP contribution in [0.15, 0.2) is 21.6 Å². The summed E-state index contributed by atoms with van der Waals surface area (Å²) >= 11 is 0. The van der Waals surface area contributed by atoms with E-state index in [4.69, 9.17) is 4.42 Å². The van der Waals surface area contributed by atoms with Crippen molar-refractivity contribution in [3.63, 3.8) is 0 Å². The van der Waals surface area contributed by atoms with Gasteiger partial charge in [0.15, 0.2) is 0 Å². The zero-order valence-corrected chi connectivity index (χ0v) is 11.0. The molecule has 1 heterocycles. The summed E-state index contributed by atoms with van der Waals surface area (Å²) in [6, 6.07) is 3.21. The second-order valence-electron chi connectivity index (χ2n) is 4.48. The van der Waals surface area contributed by atoms with Crippen molar-refractivity contribution >= 4 is 10.0 Å². The summed E-state index contributed by atoms with van der Waals surface area (Å²) in [5, 5.41) is 2.95. The van der Waals surface area contributed by atoms with Crippen molar-refractivity contribution in [2.45, 2.75) is 24.5 Å². The maximum Gasteiger partial charge on any atom is 0.276 e. The molecule has 0 aliphatic heterocycles. The quantitative estimate of drug-likeness (QED) is 0.828. The van der Waals surface area contributed by atoms with Crippen LogP contribution < -0.4 is 5.32 Å². The van der Waals surface area contributed by atoms with Crippen molar-refractivity contribution in [1.82, 2.24) is 9.62 Å². The van der Waals surface area contributed by atoms with Gasteiger partial charge in [0, 0.05) is 13.6 Å². The minimum absolute atomic E-state index is 0.0332. The van der Waals surface area contributed by atoms with Gasteiger partial charge in [-0.1, -0.05) is 0 Å². The molecule has 0 radical (unpaired) electrons. The molecule has 96 valence electrons. The van der Waals surface area contributed by atoms with Crippen LogP contribution in [0.1, 0.15) is 18.6 Å². The van der Waals surface area contributed by atoms with Gasteiger partial charge in [-0.25, -0.2) is 8.42 Å². The molecule has 0 spiro atoms. The Morgan fingerprint density at radius 3 is 2.76 bits per heavy atom. The first-order valence-corrected chi connectivity index (χ1v) is 7.17. The first-order valence-electron chi connectivity index (χ1n) is 5.73. The minimum atomic E-state index is -3.45. The Balaban J connectivity index is 2.11. The summed E-state index contributed by atoms with van der Waals surface area (Å²) < 4.78 is 31.0. The molecule has 0 amide bonds.